The van der Waals surface area contributed by atoms with E-state index in [0.29, 0.717) is 5.92 Å². The molecule has 1 unspecified atom stereocenters. The molecule has 0 saturated heterocycles. The van der Waals surface area contributed by atoms with Crippen molar-refractivity contribution in [2.24, 2.45) is 5.92 Å². The van der Waals surface area contributed by atoms with Gasteiger partial charge in [0.25, 0.3) is 0 Å². The van der Waals surface area contributed by atoms with E-state index < -0.39 is 5.97 Å². The third kappa shape index (κ3) is 6.23. The van der Waals surface area contributed by atoms with E-state index in [9.17, 15) is 4.79 Å². The third-order valence-corrected chi connectivity index (χ3v) is 1.93. The van der Waals surface area contributed by atoms with Crippen molar-refractivity contribution in [2.45, 2.75) is 25.5 Å². The van der Waals surface area contributed by atoms with E-state index in [0.717, 1.165) is 0 Å². The molecule has 1 atom stereocenters. The van der Waals surface area contributed by atoms with Crippen LogP contribution in [0.2, 0.25) is 0 Å². The highest BCUT2D eigenvalue weighted by atomic mass is 35.5. The minimum absolute atomic E-state index is 0. The minimum Gasteiger partial charge on any atom is -0.481 e. The minimum atomic E-state index is -0.774. The molecule has 2 nitrogen and oxygen atoms in total. The third-order valence-electron chi connectivity index (χ3n) is 1.15. The molecule has 0 aromatic rings. The van der Waals surface area contributed by atoms with Gasteiger partial charge < -0.3 is 5.11 Å². The van der Waals surface area contributed by atoms with Gasteiger partial charge in [-0.1, -0.05) is 13.8 Å². The molecule has 0 aliphatic heterocycles. The second kappa shape index (κ2) is 5.86. The van der Waals surface area contributed by atoms with Gasteiger partial charge in [0.05, 0.1) is 6.42 Å². The van der Waals surface area contributed by atoms with Crippen molar-refractivity contribution >= 4 is 31.0 Å². The maximum absolute atomic E-state index is 10.1. The molecular formula is C6H13ClO2S. The Bertz CT molecular complexity index is 106. The second-order valence-corrected chi connectivity index (χ2v) is 3.07. The molecule has 0 aromatic carbocycles. The first-order chi connectivity index (χ1) is 4.04. The maximum atomic E-state index is 10.1. The maximum Gasteiger partial charge on any atom is 0.304 e. The first kappa shape index (κ1) is 12.8. The van der Waals surface area contributed by atoms with E-state index >= 15 is 0 Å². The molecule has 0 aliphatic rings. The Labute approximate surface area is 72.8 Å². The number of thiol groups is 1. The van der Waals surface area contributed by atoms with Crippen molar-refractivity contribution in [1.82, 2.24) is 0 Å². The van der Waals surface area contributed by atoms with Crippen LogP contribution in [-0.2, 0) is 4.79 Å². The van der Waals surface area contributed by atoms with E-state index in [2.05, 4.69) is 12.6 Å². The average molecular weight is 185 g/mol. The van der Waals surface area contributed by atoms with Gasteiger partial charge >= 0.3 is 5.97 Å². The Morgan fingerprint density at radius 3 is 2.10 bits per heavy atom. The van der Waals surface area contributed by atoms with E-state index in [1.54, 1.807) is 0 Å². The molecule has 4 heteroatoms. The lowest BCUT2D eigenvalue weighted by Crippen LogP contribution is -2.13. The summed E-state index contributed by atoms with van der Waals surface area (Å²) in [6, 6.07) is 0. The van der Waals surface area contributed by atoms with Crippen LogP contribution in [0.1, 0.15) is 20.3 Å². The van der Waals surface area contributed by atoms with Gasteiger partial charge in [0.1, 0.15) is 0 Å². The van der Waals surface area contributed by atoms with Gasteiger partial charge in [-0.05, 0) is 5.92 Å². The van der Waals surface area contributed by atoms with Crippen LogP contribution in [0.3, 0.4) is 0 Å². The molecule has 0 aliphatic carbocycles. The van der Waals surface area contributed by atoms with Gasteiger partial charge in [-0.15, -0.1) is 12.4 Å². The molecule has 1 N–H and O–H groups in total. The highest BCUT2D eigenvalue weighted by Gasteiger charge is 2.11. The highest BCUT2D eigenvalue weighted by Crippen LogP contribution is 2.11. The van der Waals surface area contributed by atoms with E-state index in [1.165, 1.54) is 0 Å². The largest absolute Gasteiger partial charge is 0.481 e. The number of carboxylic acids is 1. The van der Waals surface area contributed by atoms with Crippen LogP contribution >= 0.6 is 25.0 Å². The molecule has 10 heavy (non-hydrogen) atoms. The van der Waals surface area contributed by atoms with Gasteiger partial charge in [0.2, 0.25) is 0 Å². The summed E-state index contributed by atoms with van der Waals surface area (Å²) in [7, 11) is 0. The van der Waals surface area contributed by atoms with Gasteiger partial charge in [-0.3, -0.25) is 4.79 Å². The normalized spacial score (nSPS) is 12.4. The van der Waals surface area contributed by atoms with Gasteiger partial charge in [0.15, 0.2) is 0 Å². The lowest BCUT2D eigenvalue weighted by atomic mass is 10.1. The van der Waals surface area contributed by atoms with Crippen LogP contribution in [0.25, 0.3) is 0 Å². The summed E-state index contributed by atoms with van der Waals surface area (Å²) in [5.41, 5.74) is 0. The fraction of sp³-hybridized carbons (Fsp3) is 0.833. The Morgan fingerprint density at radius 2 is 2.00 bits per heavy atom. The van der Waals surface area contributed by atoms with E-state index in [-0.39, 0.29) is 24.1 Å². The zero-order chi connectivity index (χ0) is 7.44. The lowest BCUT2D eigenvalue weighted by molar-refractivity contribution is -0.137. The van der Waals surface area contributed by atoms with Crippen LogP contribution in [0.4, 0.5) is 0 Å². The fourth-order valence-electron chi connectivity index (χ4n) is 0.415. The van der Waals surface area contributed by atoms with Crippen molar-refractivity contribution in [2.75, 3.05) is 0 Å². The smallest absolute Gasteiger partial charge is 0.304 e. The van der Waals surface area contributed by atoms with Crippen LogP contribution in [0, 0.1) is 5.92 Å². The molecule has 0 radical (unpaired) electrons. The van der Waals surface area contributed by atoms with E-state index in [4.69, 9.17) is 5.11 Å². The molecule has 0 bridgehead atoms. The summed E-state index contributed by atoms with van der Waals surface area (Å²) >= 11 is 4.08. The number of rotatable bonds is 3. The molecule has 0 amide bonds. The molecule has 0 heterocycles. The zero-order valence-electron chi connectivity index (χ0n) is 6.07. The molecule has 62 valence electrons. The average Bonchev–Trinajstić information content (AvgIpc) is 1.63. The Hall–Kier alpha value is 0.110. The quantitative estimate of drug-likeness (QED) is 0.657. The number of carbonyl (C=O) groups is 1. The standard InChI is InChI=1S/C6H12O2S.ClH/c1-4(2)5(9)3-6(7)8;/h4-5,9H,3H2,1-2H3,(H,7,8);1H. The van der Waals surface area contributed by atoms with Crippen LogP contribution in [-0.4, -0.2) is 16.3 Å². The Morgan fingerprint density at radius 1 is 1.60 bits per heavy atom. The first-order valence-electron chi connectivity index (χ1n) is 2.94. The van der Waals surface area contributed by atoms with Crippen molar-refractivity contribution < 1.29 is 9.90 Å². The SMILES string of the molecule is CC(C)C(S)CC(=O)O.Cl. The fourth-order valence-corrected chi connectivity index (χ4v) is 0.571. The summed E-state index contributed by atoms with van der Waals surface area (Å²) in [6.45, 7) is 3.92. The molecule has 0 aromatic heterocycles. The molecule has 0 fully saturated rings. The summed E-state index contributed by atoms with van der Waals surface area (Å²) in [4.78, 5) is 10.1. The van der Waals surface area contributed by atoms with Crippen molar-refractivity contribution in [3.8, 4) is 0 Å². The number of aliphatic carboxylic acids is 1. The molecular weight excluding hydrogens is 172 g/mol. The number of hydrogen-bond acceptors (Lipinski definition) is 2. The number of carboxylic acid groups (broad SMARTS) is 1. The van der Waals surface area contributed by atoms with E-state index in [1.807, 2.05) is 13.8 Å². The predicted octanol–water partition coefficient (Wildman–Crippen LogP) is 1.84. The zero-order valence-corrected chi connectivity index (χ0v) is 7.78. The van der Waals surface area contributed by atoms with Crippen LogP contribution < -0.4 is 0 Å². The first-order valence-corrected chi connectivity index (χ1v) is 3.45. The Kier molecular flexibility index (Phi) is 7.48. The Balaban J connectivity index is 0. The number of hydrogen-bond donors (Lipinski definition) is 2. The predicted molar refractivity (Wildman–Crippen MR) is 47.1 cm³/mol. The van der Waals surface area contributed by atoms with Gasteiger partial charge in [-0.25, -0.2) is 0 Å². The molecule has 0 saturated carbocycles. The lowest BCUT2D eigenvalue weighted by Gasteiger charge is -2.10. The topological polar surface area (TPSA) is 37.3 Å². The molecule has 0 rings (SSSR count). The van der Waals surface area contributed by atoms with Crippen LogP contribution in [0.15, 0.2) is 0 Å². The second-order valence-electron chi connectivity index (χ2n) is 2.41. The monoisotopic (exact) mass is 184 g/mol. The summed E-state index contributed by atoms with van der Waals surface area (Å²) in [6.07, 6.45) is 0.154. The number of halogens is 1. The van der Waals surface area contributed by atoms with Crippen molar-refractivity contribution in [1.29, 1.82) is 0 Å². The van der Waals surface area contributed by atoms with Gasteiger partial charge in [-0.2, -0.15) is 12.6 Å². The van der Waals surface area contributed by atoms with Crippen molar-refractivity contribution in [3.63, 3.8) is 0 Å². The van der Waals surface area contributed by atoms with Crippen LogP contribution in [0.5, 0.6) is 0 Å². The molecule has 0 spiro atoms. The summed E-state index contributed by atoms with van der Waals surface area (Å²) in [5, 5.41) is 8.27. The summed E-state index contributed by atoms with van der Waals surface area (Å²) in [5.74, 6) is -0.437. The van der Waals surface area contributed by atoms with Gasteiger partial charge in [0, 0.05) is 5.25 Å². The summed E-state index contributed by atoms with van der Waals surface area (Å²) < 4.78 is 0. The highest BCUT2D eigenvalue weighted by molar-refractivity contribution is 7.81. The van der Waals surface area contributed by atoms with Crippen molar-refractivity contribution in [3.05, 3.63) is 0 Å².